The molecule has 10 heavy (non-hydrogen) atoms. The molecule has 0 amide bonds. The van der Waals surface area contributed by atoms with Gasteiger partial charge in [-0.05, 0) is 26.7 Å². The summed E-state index contributed by atoms with van der Waals surface area (Å²) >= 11 is 0. The Labute approximate surface area is 65.2 Å². The van der Waals surface area contributed by atoms with Crippen LogP contribution in [0.15, 0.2) is 0 Å². The molecule has 0 radical (unpaired) electrons. The molecule has 0 aliphatic carbocycles. The first-order chi connectivity index (χ1) is 4.70. The Kier molecular flexibility index (Phi) is 5.70. The van der Waals surface area contributed by atoms with Gasteiger partial charge in [-0.25, -0.2) is 0 Å². The third-order valence-electron chi connectivity index (χ3n) is 1.90. The van der Waals surface area contributed by atoms with E-state index in [-0.39, 0.29) is 0 Å². The minimum atomic E-state index is 0.682. The van der Waals surface area contributed by atoms with Crippen LogP contribution >= 0.6 is 0 Å². The molecule has 0 aliphatic heterocycles. The lowest BCUT2D eigenvalue weighted by molar-refractivity contribution is 0.435. The van der Waals surface area contributed by atoms with Crippen molar-refractivity contribution in [2.24, 2.45) is 0 Å². The quantitative estimate of drug-likeness (QED) is 0.623. The molecular weight excluding hydrogens is 122 g/mol. The van der Waals surface area contributed by atoms with Crippen molar-refractivity contribution in [3.8, 4) is 0 Å². The van der Waals surface area contributed by atoms with Crippen LogP contribution in [-0.4, -0.2) is 12.1 Å². The Balaban J connectivity index is 3.27. The average molecular weight is 143 g/mol. The standard InChI is InChI=1S/C9H21N/c1-5-7-9(4)10-8(3)6-2/h8-10H,5-7H2,1-4H3/t8?,9-/m1/s1. The van der Waals surface area contributed by atoms with E-state index in [0.717, 1.165) is 0 Å². The minimum Gasteiger partial charge on any atom is -0.312 e. The van der Waals surface area contributed by atoms with Crippen LogP contribution in [0.2, 0.25) is 0 Å². The van der Waals surface area contributed by atoms with E-state index in [4.69, 9.17) is 0 Å². The van der Waals surface area contributed by atoms with E-state index in [1.54, 1.807) is 0 Å². The lowest BCUT2D eigenvalue weighted by Crippen LogP contribution is -2.33. The fourth-order valence-corrected chi connectivity index (χ4v) is 1.12. The predicted octanol–water partition coefficient (Wildman–Crippen LogP) is 2.56. The molecule has 0 saturated heterocycles. The molecule has 0 aromatic heterocycles. The summed E-state index contributed by atoms with van der Waals surface area (Å²) in [5, 5.41) is 3.53. The van der Waals surface area contributed by atoms with Crippen molar-refractivity contribution in [2.45, 2.75) is 59.0 Å². The molecule has 2 atom stereocenters. The maximum Gasteiger partial charge on any atom is 0.00410 e. The first-order valence-corrected chi connectivity index (χ1v) is 4.46. The molecule has 62 valence electrons. The predicted molar refractivity (Wildman–Crippen MR) is 47.3 cm³/mol. The largest absolute Gasteiger partial charge is 0.312 e. The summed E-state index contributed by atoms with van der Waals surface area (Å²) in [6, 6.07) is 1.38. The topological polar surface area (TPSA) is 12.0 Å². The van der Waals surface area contributed by atoms with Gasteiger partial charge in [-0.1, -0.05) is 20.3 Å². The molecule has 0 rings (SSSR count). The van der Waals surface area contributed by atoms with Gasteiger partial charge in [0.25, 0.3) is 0 Å². The normalized spacial score (nSPS) is 16.8. The van der Waals surface area contributed by atoms with Crippen LogP contribution in [-0.2, 0) is 0 Å². The van der Waals surface area contributed by atoms with Crippen molar-refractivity contribution in [2.75, 3.05) is 0 Å². The summed E-state index contributed by atoms with van der Waals surface area (Å²) in [6.07, 6.45) is 3.81. The van der Waals surface area contributed by atoms with Crippen LogP contribution in [0.5, 0.6) is 0 Å². The molecule has 1 nitrogen and oxygen atoms in total. The summed E-state index contributed by atoms with van der Waals surface area (Å²) in [4.78, 5) is 0. The van der Waals surface area contributed by atoms with Gasteiger partial charge in [-0.3, -0.25) is 0 Å². The molecule has 0 heterocycles. The third kappa shape index (κ3) is 4.80. The summed E-state index contributed by atoms with van der Waals surface area (Å²) in [5.41, 5.74) is 0. The first kappa shape index (κ1) is 9.96. The molecule has 1 N–H and O–H groups in total. The number of rotatable bonds is 5. The molecule has 0 saturated carbocycles. The highest BCUT2D eigenvalue weighted by Crippen LogP contribution is 1.98. The van der Waals surface area contributed by atoms with E-state index in [0.29, 0.717) is 12.1 Å². The first-order valence-electron chi connectivity index (χ1n) is 4.46. The summed E-state index contributed by atoms with van der Waals surface area (Å²) in [7, 11) is 0. The van der Waals surface area contributed by atoms with Crippen molar-refractivity contribution < 1.29 is 0 Å². The zero-order valence-electron chi connectivity index (χ0n) is 7.78. The van der Waals surface area contributed by atoms with Gasteiger partial charge in [0.05, 0.1) is 0 Å². The number of hydrogen-bond donors (Lipinski definition) is 1. The highest BCUT2D eigenvalue weighted by Gasteiger charge is 2.02. The van der Waals surface area contributed by atoms with Gasteiger partial charge in [0.1, 0.15) is 0 Å². The van der Waals surface area contributed by atoms with E-state index in [1.807, 2.05) is 0 Å². The average Bonchev–Trinajstić information content (AvgIpc) is 1.88. The van der Waals surface area contributed by atoms with Crippen molar-refractivity contribution in [3.05, 3.63) is 0 Å². The van der Waals surface area contributed by atoms with Gasteiger partial charge in [0, 0.05) is 12.1 Å². The Morgan fingerprint density at radius 2 is 1.70 bits per heavy atom. The lowest BCUT2D eigenvalue weighted by Gasteiger charge is -2.17. The number of hydrogen-bond acceptors (Lipinski definition) is 1. The van der Waals surface area contributed by atoms with Crippen LogP contribution in [0.4, 0.5) is 0 Å². The van der Waals surface area contributed by atoms with E-state index in [2.05, 4.69) is 33.0 Å². The van der Waals surface area contributed by atoms with Gasteiger partial charge in [-0.2, -0.15) is 0 Å². The van der Waals surface area contributed by atoms with E-state index < -0.39 is 0 Å². The van der Waals surface area contributed by atoms with Gasteiger partial charge >= 0.3 is 0 Å². The molecular formula is C9H21N. The van der Waals surface area contributed by atoms with Crippen LogP contribution in [0.3, 0.4) is 0 Å². The SMILES string of the molecule is CCC[C@@H](C)NC(C)CC. The fourth-order valence-electron chi connectivity index (χ4n) is 1.12. The zero-order valence-corrected chi connectivity index (χ0v) is 7.78. The highest BCUT2D eigenvalue weighted by molar-refractivity contribution is 4.64. The molecule has 0 bridgehead atoms. The van der Waals surface area contributed by atoms with Crippen LogP contribution in [0.1, 0.15) is 47.0 Å². The van der Waals surface area contributed by atoms with Crippen molar-refractivity contribution in [3.63, 3.8) is 0 Å². The van der Waals surface area contributed by atoms with Gasteiger partial charge < -0.3 is 5.32 Å². The smallest absolute Gasteiger partial charge is 0.00410 e. The Bertz CT molecular complexity index is 71.1. The Morgan fingerprint density at radius 3 is 2.10 bits per heavy atom. The maximum atomic E-state index is 3.53. The monoisotopic (exact) mass is 143 g/mol. The molecule has 0 fully saturated rings. The lowest BCUT2D eigenvalue weighted by atomic mass is 10.1. The van der Waals surface area contributed by atoms with Gasteiger partial charge in [-0.15, -0.1) is 0 Å². The second-order valence-electron chi connectivity index (χ2n) is 3.17. The van der Waals surface area contributed by atoms with Gasteiger partial charge in [0.2, 0.25) is 0 Å². The van der Waals surface area contributed by atoms with Crippen molar-refractivity contribution in [1.82, 2.24) is 5.32 Å². The third-order valence-corrected chi connectivity index (χ3v) is 1.90. The molecule has 0 aliphatic rings. The Hall–Kier alpha value is -0.0400. The zero-order chi connectivity index (χ0) is 7.98. The highest BCUT2D eigenvalue weighted by atomic mass is 14.9. The van der Waals surface area contributed by atoms with E-state index in [1.165, 1.54) is 19.3 Å². The molecule has 1 unspecified atom stereocenters. The van der Waals surface area contributed by atoms with Crippen molar-refractivity contribution in [1.29, 1.82) is 0 Å². The van der Waals surface area contributed by atoms with E-state index >= 15 is 0 Å². The fraction of sp³-hybridized carbons (Fsp3) is 1.00. The second kappa shape index (κ2) is 5.72. The molecule has 0 spiro atoms. The molecule has 1 heteroatoms. The number of nitrogens with one attached hydrogen (secondary N) is 1. The van der Waals surface area contributed by atoms with Crippen molar-refractivity contribution >= 4 is 0 Å². The van der Waals surface area contributed by atoms with Crippen LogP contribution in [0, 0.1) is 0 Å². The summed E-state index contributed by atoms with van der Waals surface area (Å²) in [6.45, 7) is 8.95. The second-order valence-corrected chi connectivity index (χ2v) is 3.17. The van der Waals surface area contributed by atoms with Crippen LogP contribution in [0.25, 0.3) is 0 Å². The molecule has 0 aromatic carbocycles. The molecule has 0 aromatic rings. The van der Waals surface area contributed by atoms with E-state index in [9.17, 15) is 0 Å². The van der Waals surface area contributed by atoms with Crippen LogP contribution < -0.4 is 5.32 Å². The minimum absolute atomic E-state index is 0.682. The summed E-state index contributed by atoms with van der Waals surface area (Å²) < 4.78 is 0. The maximum absolute atomic E-state index is 3.53. The van der Waals surface area contributed by atoms with Gasteiger partial charge in [0.15, 0.2) is 0 Å². The Morgan fingerprint density at radius 1 is 1.10 bits per heavy atom. The summed E-state index contributed by atoms with van der Waals surface area (Å²) in [5.74, 6) is 0.